The molecule has 2 aromatic rings. The molecular formula is C28H37FN2O2. The van der Waals surface area contributed by atoms with E-state index in [-0.39, 0.29) is 11.7 Å². The molecule has 2 fully saturated rings. The van der Waals surface area contributed by atoms with Gasteiger partial charge in [0.05, 0.1) is 6.61 Å². The van der Waals surface area contributed by atoms with E-state index in [1.165, 1.54) is 31.5 Å². The van der Waals surface area contributed by atoms with Gasteiger partial charge in [-0.25, -0.2) is 4.39 Å². The summed E-state index contributed by atoms with van der Waals surface area (Å²) >= 11 is 0. The second-order valence-electron chi connectivity index (χ2n) is 10.2. The minimum absolute atomic E-state index is 0.191. The lowest BCUT2D eigenvalue weighted by atomic mass is 9.88. The first kappa shape index (κ1) is 23.7. The smallest absolute Gasteiger partial charge is 0.223 e. The maximum atomic E-state index is 13.4. The molecule has 0 N–H and O–H groups in total. The highest BCUT2D eigenvalue weighted by Crippen LogP contribution is 2.32. The molecule has 2 aliphatic rings. The molecule has 33 heavy (non-hydrogen) atoms. The molecule has 2 heterocycles. The molecule has 0 aromatic heterocycles. The summed E-state index contributed by atoms with van der Waals surface area (Å²) < 4.78 is 19.2. The van der Waals surface area contributed by atoms with E-state index in [9.17, 15) is 9.18 Å². The molecule has 0 radical (unpaired) electrons. The van der Waals surface area contributed by atoms with Crippen molar-refractivity contribution in [3.8, 4) is 5.75 Å². The van der Waals surface area contributed by atoms with Crippen molar-refractivity contribution in [3.63, 3.8) is 0 Å². The van der Waals surface area contributed by atoms with Crippen molar-refractivity contribution in [2.75, 3.05) is 19.7 Å². The molecule has 0 aliphatic carbocycles. The fourth-order valence-corrected chi connectivity index (χ4v) is 5.09. The monoisotopic (exact) mass is 452 g/mol. The lowest BCUT2D eigenvalue weighted by Gasteiger charge is -2.35. The average Bonchev–Trinajstić information content (AvgIpc) is 3.27. The number of piperidine rings is 1. The standard InChI is InChI=1S/C28H37FN2O2/c1-21(2)20-33-27-11-7-23(8-12-27)19-31(18-22-5-9-25(29)10-6-22)28(32)17-24-13-15-30-14-3-4-26(30)16-24/h5-12,21,24,26H,3-4,13-20H2,1-2H3/t24-,26?/m1/s1. The molecule has 0 saturated carbocycles. The van der Waals surface area contributed by atoms with Gasteiger partial charge in [0.2, 0.25) is 5.91 Å². The average molecular weight is 453 g/mol. The third-order valence-corrected chi connectivity index (χ3v) is 6.91. The first-order chi connectivity index (χ1) is 16.0. The number of carbonyl (C=O) groups is 1. The van der Waals surface area contributed by atoms with Crippen LogP contribution >= 0.6 is 0 Å². The fourth-order valence-electron chi connectivity index (χ4n) is 5.09. The molecule has 0 bridgehead atoms. The highest BCUT2D eigenvalue weighted by atomic mass is 19.1. The van der Waals surface area contributed by atoms with Gasteiger partial charge in [0.1, 0.15) is 11.6 Å². The molecule has 4 rings (SSSR count). The molecule has 4 nitrogen and oxygen atoms in total. The highest BCUT2D eigenvalue weighted by Gasteiger charge is 2.33. The molecule has 2 atom stereocenters. The van der Waals surface area contributed by atoms with Crippen LogP contribution in [0.3, 0.4) is 0 Å². The van der Waals surface area contributed by atoms with Gasteiger partial charge in [-0.2, -0.15) is 0 Å². The van der Waals surface area contributed by atoms with E-state index >= 15 is 0 Å². The van der Waals surface area contributed by atoms with Crippen LogP contribution in [0.1, 0.15) is 57.1 Å². The Labute approximate surface area is 197 Å². The molecule has 1 amide bonds. The van der Waals surface area contributed by atoms with Crippen LogP contribution in [0.4, 0.5) is 4.39 Å². The molecule has 0 spiro atoms. The van der Waals surface area contributed by atoms with Gasteiger partial charge < -0.3 is 14.5 Å². The summed E-state index contributed by atoms with van der Waals surface area (Å²) in [6.07, 6.45) is 5.40. The van der Waals surface area contributed by atoms with Crippen molar-refractivity contribution in [3.05, 3.63) is 65.5 Å². The summed E-state index contributed by atoms with van der Waals surface area (Å²) in [5.74, 6) is 1.73. The van der Waals surface area contributed by atoms with Crippen LogP contribution in [0.15, 0.2) is 48.5 Å². The summed E-state index contributed by atoms with van der Waals surface area (Å²) in [7, 11) is 0. The summed E-state index contributed by atoms with van der Waals surface area (Å²) in [5, 5.41) is 0. The van der Waals surface area contributed by atoms with Crippen LogP contribution in [0.5, 0.6) is 5.75 Å². The fraction of sp³-hybridized carbons (Fsp3) is 0.536. The van der Waals surface area contributed by atoms with Gasteiger partial charge in [-0.15, -0.1) is 0 Å². The van der Waals surface area contributed by atoms with Crippen molar-refractivity contribution >= 4 is 5.91 Å². The number of nitrogens with zero attached hydrogens (tertiary/aromatic N) is 2. The van der Waals surface area contributed by atoms with Crippen LogP contribution in [0.25, 0.3) is 0 Å². The van der Waals surface area contributed by atoms with Crippen molar-refractivity contribution < 1.29 is 13.9 Å². The maximum Gasteiger partial charge on any atom is 0.223 e. The number of ether oxygens (including phenoxy) is 1. The maximum absolute atomic E-state index is 13.4. The minimum Gasteiger partial charge on any atom is -0.493 e. The molecule has 2 aliphatic heterocycles. The summed E-state index contributed by atoms with van der Waals surface area (Å²) in [5.41, 5.74) is 2.03. The Balaban J connectivity index is 1.42. The van der Waals surface area contributed by atoms with Gasteiger partial charge in [-0.3, -0.25) is 4.79 Å². The first-order valence-corrected chi connectivity index (χ1v) is 12.4. The van der Waals surface area contributed by atoms with Crippen LogP contribution in [0.2, 0.25) is 0 Å². The van der Waals surface area contributed by atoms with E-state index in [1.54, 1.807) is 12.1 Å². The topological polar surface area (TPSA) is 32.8 Å². The van der Waals surface area contributed by atoms with Crippen molar-refractivity contribution in [1.82, 2.24) is 9.80 Å². The van der Waals surface area contributed by atoms with Gasteiger partial charge in [0, 0.05) is 25.6 Å². The SMILES string of the molecule is CC(C)COc1ccc(CN(Cc2ccc(F)cc2)C(=O)C[C@@H]2CCN3CCCC3C2)cc1. The number of fused-ring (bicyclic) bond motifs is 1. The quantitative estimate of drug-likeness (QED) is 0.493. The van der Waals surface area contributed by atoms with Crippen LogP contribution in [-0.2, 0) is 17.9 Å². The Morgan fingerprint density at radius 1 is 1.03 bits per heavy atom. The zero-order valence-corrected chi connectivity index (χ0v) is 20.0. The van der Waals surface area contributed by atoms with Gasteiger partial charge in [0.25, 0.3) is 0 Å². The Kier molecular flexibility index (Phi) is 8.02. The Morgan fingerprint density at radius 3 is 2.36 bits per heavy atom. The molecule has 5 heteroatoms. The molecule has 2 saturated heterocycles. The Morgan fingerprint density at radius 2 is 1.70 bits per heavy atom. The van der Waals surface area contributed by atoms with E-state index < -0.39 is 0 Å². The van der Waals surface area contributed by atoms with Gasteiger partial charge in [-0.1, -0.05) is 38.1 Å². The number of amides is 1. The normalized spacial score (nSPS) is 20.6. The number of carbonyl (C=O) groups excluding carboxylic acids is 1. The summed E-state index contributed by atoms with van der Waals surface area (Å²) in [4.78, 5) is 18.0. The second-order valence-corrected chi connectivity index (χ2v) is 10.2. The van der Waals surface area contributed by atoms with Gasteiger partial charge >= 0.3 is 0 Å². The Bertz CT molecular complexity index is 897. The third-order valence-electron chi connectivity index (χ3n) is 6.91. The van der Waals surface area contributed by atoms with Crippen molar-refractivity contribution in [2.45, 2.75) is 65.1 Å². The van der Waals surface area contributed by atoms with E-state index in [0.29, 0.717) is 44.0 Å². The van der Waals surface area contributed by atoms with Crippen LogP contribution in [-0.4, -0.2) is 41.4 Å². The Hall–Kier alpha value is -2.40. The van der Waals surface area contributed by atoms with E-state index in [1.807, 2.05) is 29.2 Å². The second kappa shape index (κ2) is 11.1. The van der Waals surface area contributed by atoms with E-state index in [4.69, 9.17) is 4.74 Å². The summed E-state index contributed by atoms with van der Waals surface area (Å²) in [6.45, 7) is 8.33. The number of hydrogen-bond acceptors (Lipinski definition) is 3. The zero-order valence-electron chi connectivity index (χ0n) is 20.0. The number of halogens is 1. The first-order valence-electron chi connectivity index (χ1n) is 12.4. The predicted molar refractivity (Wildman–Crippen MR) is 129 cm³/mol. The van der Waals surface area contributed by atoms with Crippen molar-refractivity contribution in [1.29, 1.82) is 0 Å². The number of benzene rings is 2. The lowest BCUT2D eigenvalue weighted by molar-refractivity contribution is -0.134. The van der Waals surface area contributed by atoms with Crippen LogP contribution < -0.4 is 4.74 Å². The van der Waals surface area contributed by atoms with Gasteiger partial charge in [0.15, 0.2) is 0 Å². The third kappa shape index (κ3) is 6.80. The zero-order chi connectivity index (χ0) is 23.2. The van der Waals surface area contributed by atoms with Gasteiger partial charge in [-0.05, 0) is 86.0 Å². The summed E-state index contributed by atoms with van der Waals surface area (Å²) in [6, 6.07) is 15.2. The molecule has 178 valence electrons. The molecular weight excluding hydrogens is 415 g/mol. The number of hydrogen-bond donors (Lipinski definition) is 0. The van der Waals surface area contributed by atoms with E-state index in [2.05, 4.69) is 18.7 Å². The molecule has 2 aromatic carbocycles. The van der Waals surface area contributed by atoms with E-state index in [0.717, 1.165) is 36.3 Å². The lowest BCUT2D eigenvalue weighted by Crippen LogP contribution is -2.40. The predicted octanol–water partition coefficient (Wildman–Crippen LogP) is 5.65. The number of rotatable bonds is 9. The molecule has 1 unspecified atom stereocenters. The van der Waals surface area contributed by atoms with Crippen LogP contribution in [0, 0.1) is 17.7 Å². The highest BCUT2D eigenvalue weighted by molar-refractivity contribution is 5.76. The largest absolute Gasteiger partial charge is 0.493 e. The minimum atomic E-state index is -0.253. The van der Waals surface area contributed by atoms with Crippen molar-refractivity contribution in [2.24, 2.45) is 11.8 Å².